The first kappa shape index (κ1) is 31.4. The fraction of sp³-hybridized carbons (Fsp3) is 0.269. The molecule has 0 unspecified atom stereocenters. The van der Waals surface area contributed by atoms with E-state index in [4.69, 9.17) is 14.6 Å². The summed E-state index contributed by atoms with van der Waals surface area (Å²) in [6, 6.07) is 7.26. The highest BCUT2D eigenvalue weighted by Crippen LogP contribution is 2.32. The molecule has 3 N–H and O–H groups in total. The van der Waals surface area contributed by atoms with Gasteiger partial charge in [-0.3, -0.25) is 4.57 Å². The Kier molecular flexibility index (Phi) is 8.46. The quantitative estimate of drug-likeness (QED) is 0.224. The van der Waals surface area contributed by atoms with Crippen LogP contribution in [0.25, 0.3) is 27.9 Å². The molecule has 0 saturated carbocycles. The summed E-state index contributed by atoms with van der Waals surface area (Å²) in [6.45, 7) is 2.05. The zero-order valence-electron chi connectivity index (χ0n) is 22.5. The molecule has 3 aromatic heterocycles. The number of fused-ring (bicyclic) bond motifs is 2. The smallest absolute Gasteiger partial charge is 0.475 e. The largest absolute Gasteiger partial charge is 0.490 e. The van der Waals surface area contributed by atoms with Gasteiger partial charge in [0.1, 0.15) is 17.7 Å². The topological polar surface area (TPSA) is 134 Å². The number of morpholine rings is 1. The molecule has 1 saturated heterocycles. The van der Waals surface area contributed by atoms with Crippen LogP contribution in [-0.2, 0) is 22.3 Å². The first-order valence-electron chi connectivity index (χ1n) is 12.8. The molecule has 0 radical (unpaired) electrons. The number of ether oxygens (including phenoxy) is 1. The lowest BCUT2D eigenvalue weighted by Gasteiger charge is -2.27. The summed E-state index contributed by atoms with van der Waals surface area (Å²) in [5.74, 6) is -3.85. The third-order valence-electron chi connectivity index (χ3n) is 6.39. The normalized spacial score (nSPS) is 14.0. The van der Waals surface area contributed by atoms with Crippen molar-refractivity contribution in [1.29, 1.82) is 0 Å². The van der Waals surface area contributed by atoms with E-state index in [1.807, 2.05) is 4.90 Å². The first-order valence-corrected chi connectivity index (χ1v) is 12.8. The number of H-pyrrole nitrogens is 1. The minimum Gasteiger partial charge on any atom is -0.475 e. The molecular weight excluding hydrogens is 624 g/mol. The van der Waals surface area contributed by atoms with Crippen molar-refractivity contribution in [3.05, 3.63) is 65.7 Å². The van der Waals surface area contributed by atoms with Crippen molar-refractivity contribution >= 4 is 39.9 Å². The molecule has 0 bridgehead atoms. The van der Waals surface area contributed by atoms with Crippen molar-refractivity contribution in [1.82, 2.24) is 29.5 Å². The molecule has 2 aromatic carbocycles. The fourth-order valence-corrected chi connectivity index (χ4v) is 4.26. The van der Waals surface area contributed by atoms with Crippen molar-refractivity contribution in [2.24, 2.45) is 0 Å². The van der Waals surface area contributed by atoms with Gasteiger partial charge in [0, 0.05) is 18.8 Å². The number of aromatic nitrogens is 6. The van der Waals surface area contributed by atoms with Crippen LogP contribution >= 0.6 is 0 Å². The van der Waals surface area contributed by atoms with Crippen LogP contribution in [0.1, 0.15) is 11.4 Å². The molecule has 0 atom stereocenters. The van der Waals surface area contributed by atoms with E-state index in [0.717, 1.165) is 18.2 Å². The Morgan fingerprint density at radius 2 is 1.71 bits per heavy atom. The van der Waals surface area contributed by atoms with E-state index in [2.05, 4.69) is 30.2 Å². The van der Waals surface area contributed by atoms with Gasteiger partial charge in [-0.15, -0.1) is 0 Å². The molecule has 1 aliphatic rings. The Labute approximate surface area is 246 Å². The molecule has 0 aliphatic carbocycles. The van der Waals surface area contributed by atoms with Gasteiger partial charge in [-0.05, 0) is 30.3 Å². The zero-order chi connectivity index (χ0) is 32.5. The molecule has 11 nitrogen and oxygen atoms in total. The molecule has 1 aliphatic heterocycles. The second kappa shape index (κ2) is 12.1. The highest BCUT2D eigenvalue weighted by molar-refractivity contribution is 5.85. The van der Waals surface area contributed by atoms with Gasteiger partial charge in [0.05, 0.1) is 30.8 Å². The number of anilines is 2. The fourth-order valence-electron chi connectivity index (χ4n) is 4.26. The second-order valence-electron chi connectivity index (χ2n) is 9.40. The van der Waals surface area contributed by atoms with Gasteiger partial charge < -0.3 is 25.0 Å². The van der Waals surface area contributed by atoms with E-state index in [1.165, 1.54) is 29.1 Å². The molecule has 238 valence electrons. The van der Waals surface area contributed by atoms with Crippen LogP contribution in [0, 0.1) is 11.6 Å². The zero-order valence-corrected chi connectivity index (χ0v) is 22.5. The molecular formula is C26H20F8N8O3. The van der Waals surface area contributed by atoms with Gasteiger partial charge in [0.2, 0.25) is 5.95 Å². The monoisotopic (exact) mass is 644 g/mol. The number of nitrogens with zero attached hydrogens (tertiary/aromatic N) is 6. The van der Waals surface area contributed by atoms with Crippen LogP contribution in [0.4, 0.5) is 46.9 Å². The van der Waals surface area contributed by atoms with Gasteiger partial charge >= 0.3 is 18.3 Å². The lowest BCUT2D eigenvalue weighted by molar-refractivity contribution is -0.192. The maximum absolute atomic E-state index is 14.1. The van der Waals surface area contributed by atoms with E-state index >= 15 is 0 Å². The van der Waals surface area contributed by atoms with Crippen molar-refractivity contribution in [3.63, 3.8) is 0 Å². The molecule has 5 aromatic rings. The number of nitrogens with one attached hydrogen (secondary N) is 2. The molecule has 1 fully saturated rings. The van der Waals surface area contributed by atoms with E-state index in [0.29, 0.717) is 60.6 Å². The van der Waals surface area contributed by atoms with E-state index in [1.54, 1.807) is 0 Å². The van der Waals surface area contributed by atoms with Crippen molar-refractivity contribution in [2.45, 2.75) is 18.9 Å². The van der Waals surface area contributed by atoms with Crippen molar-refractivity contribution in [2.75, 3.05) is 36.5 Å². The van der Waals surface area contributed by atoms with Crippen LogP contribution in [0.3, 0.4) is 0 Å². The van der Waals surface area contributed by atoms with Gasteiger partial charge in [0.25, 0.3) is 0 Å². The van der Waals surface area contributed by atoms with Crippen LogP contribution in [0.2, 0.25) is 0 Å². The minimum absolute atomic E-state index is 0.0564. The number of carbonyl (C=O) groups is 1. The van der Waals surface area contributed by atoms with Gasteiger partial charge in [0.15, 0.2) is 28.6 Å². The van der Waals surface area contributed by atoms with Crippen molar-refractivity contribution in [3.8, 4) is 5.69 Å². The molecule has 6 rings (SSSR count). The van der Waals surface area contributed by atoms with Crippen molar-refractivity contribution < 1.29 is 49.8 Å². The Balaban J connectivity index is 0.000000515. The Bertz CT molecular complexity index is 1850. The number of rotatable bonds is 5. The number of hydrogen-bond acceptors (Lipinski definition) is 8. The number of imidazole rings is 2. The summed E-state index contributed by atoms with van der Waals surface area (Å²) in [7, 11) is 0. The minimum atomic E-state index is -5.08. The second-order valence-corrected chi connectivity index (χ2v) is 9.40. The number of alkyl halides is 6. The molecule has 0 spiro atoms. The van der Waals surface area contributed by atoms with Crippen LogP contribution in [0.5, 0.6) is 0 Å². The van der Waals surface area contributed by atoms with E-state index < -0.39 is 35.5 Å². The van der Waals surface area contributed by atoms with Gasteiger partial charge in [-0.1, -0.05) is 6.07 Å². The molecule has 4 heterocycles. The molecule has 0 amide bonds. The number of carboxylic acid groups (broad SMARTS) is 1. The molecule has 19 heteroatoms. The molecule has 45 heavy (non-hydrogen) atoms. The summed E-state index contributed by atoms with van der Waals surface area (Å²) >= 11 is 0. The number of aromatic amines is 1. The van der Waals surface area contributed by atoms with E-state index in [-0.39, 0.29) is 17.7 Å². The Morgan fingerprint density at radius 1 is 1.00 bits per heavy atom. The highest BCUT2D eigenvalue weighted by atomic mass is 19.4. The number of aliphatic carboxylic acids is 1. The lowest BCUT2D eigenvalue weighted by atomic mass is 10.2. The standard InChI is InChI=1S/C24H19F5N8O.C2HF3O2/c25-15-4-5-16-19(18(15)26)33-17(32-16)11-30-21-20-22(35-23(34-21)36-6-8-38-9-7-36)37(12-31-20)14-3-1-2-13(10-14)24(27,28)29;3-2(4,5)1(6)7/h1-5,10,12H,6-9,11H2,(H,32,33)(H,30,34,35);(H,6,7). The lowest BCUT2D eigenvalue weighted by Crippen LogP contribution is -2.37. The maximum atomic E-state index is 14.1. The Hall–Kier alpha value is -5.07. The van der Waals surface area contributed by atoms with Crippen LogP contribution in [-0.4, -0.2) is 73.0 Å². The SMILES string of the molecule is Fc1ccc2[nH]c(CNc3nc(N4CCOCC4)nc4c3ncn4-c3cccc(C(F)(F)F)c3)nc2c1F.O=C(O)C(F)(F)F. The Morgan fingerprint density at radius 3 is 2.38 bits per heavy atom. The number of benzene rings is 2. The third-order valence-corrected chi connectivity index (χ3v) is 6.39. The van der Waals surface area contributed by atoms with Crippen LogP contribution < -0.4 is 10.2 Å². The average molecular weight is 644 g/mol. The maximum Gasteiger partial charge on any atom is 0.490 e. The average Bonchev–Trinajstić information content (AvgIpc) is 3.62. The number of carboxylic acids is 1. The highest BCUT2D eigenvalue weighted by Gasteiger charge is 2.38. The van der Waals surface area contributed by atoms with Gasteiger partial charge in [-0.25, -0.2) is 23.5 Å². The first-order chi connectivity index (χ1) is 21.2. The third kappa shape index (κ3) is 6.87. The van der Waals surface area contributed by atoms with Gasteiger partial charge in [-0.2, -0.15) is 36.3 Å². The number of hydrogen-bond donors (Lipinski definition) is 3. The summed E-state index contributed by atoms with van der Waals surface area (Å²) in [5.41, 5.74) is 0.239. The summed E-state index contributed by atoms with van der Waals surface area (Å²) in [4.78, 5) is 31.4. The predicted molar refractivity (Wildman–Crippen MR) is 142 cm³/mol. The summed E-state index contributed by atoms with van der Waals surface area (Å²) in [6.07, 6.45) is -8.22. The summed E-state index contributed by atoms with van der Waals surface area (Å²) in [5, 5.41) is 10.2. The summed E-state index contributed by atoms with van der Waals surface area (Å²) < 4.78 is 106. The number of halogens is 8. The van der Waals surface area contributed by atoms with E-state index in [9.17, 15) is 35.1 Å². The predicted octanol–water partition coefficient (Wildman–Crippen LogP) is 5.07. The van der Waals surface area contributed by atoms with Crippen LogP contribution in [0.15, 0.2) is 42.7 Å².